The SMILES string of the molecule is COCCOCCC[C@]1(O)CC[C@]2(C)C3CC[C@]4(C)[C@@H]([C@H](C)CCC(=O)O)CC[C@H]4[C@@H]3CC[C@@H]2C1. The largest absolute Gasteiger partial charge is 0.481 e. The zero-order valence-corrected chi connectivity index (χ0v) is 22.9. The van der Waals surface area contributed by atoms with E-state index in [1.807, 2.05) is 0 Å². The molecule has 9 atom stereocenters. The molecule has 0 aromatic rings. The summed E-state index contributed by atoms with van der Waals surface area (Å²) in [5, 5.41) is 20.7. The molecule has 0 spiro atoms. The third-order valence-corrected chi connectivity index (χ3v) is 11.8. The van der Waals surface area contributed by atoms with Crippen molar-refractivity contribution in [3.63, 3.8) is 0 Å². The Kier molecular flexibility index (Phi) is 8.60. The van der Waals surface area contributed by atoms with Crippen molar-refractivity contribution in [2.24, 2.45) is 46.3 Å². The Morgan fingerprint density at radius 1 is 0.971 bits per heavy atom. The van der Waals surface area contributed by atoms with Crippen molar-refractivity contribution in [1.82, 2.24) is 0 Å². The van der Waals surface area contributed by atoms with E-state index < -0.39 is 11.6 Å². The highest BCUT2D eigenvalue weighted by Crippen LogP contribution is 2.69. The van der Waals surface area contributed by atoms with E-state index >= 15 is 0 Å². The molecule has 35 heavy (non-hydrogen) atoms. The van der Waals surface area contributed by atoms with Crippen LogP contribution in [0.15, 0.2) is 0 Å². The number of aliphatic hydroxyl groups is 1. The summed E-state index contributed by atoms with van der Waals surface area (Å²) >= 11 is 0. The lowest BCUT2D eigenvalue weighted by atomic mass is 9.43. The fraction of sp³-hybridized carbons (Fsp3) is 0.967. The van der Waals surface area contributed by atoms with Gasteiger partial charge < -0.3 is 19.7 Å². The number of fused-ring (bicyclic) bond motifs is 5. The van der Waals surface area contributed by atoms with Crippen LogP contribution < -0.4 is 0 Å². The van der Waals surface area contributed by atoms with Crippen LogP contribution in [-0.2, 0) is 14.3 Å². The highest BCUT2D eigenvalue weighted by atomic mass is 16.5. The molecule has 0 bridgehead atoms. The Morgan fingerprint density at radius 2 is 1.74 bits per heavy atom. The van der Waals surface area contributed by atoms with E-state index in [2.05, 4.69) is 20.8 Å². The molecule has 0 heterocycles. The lowest BCUT2D eigenvalue weighted by Crippen LogP contribution is -2.56. The van der Waals surface area contributed by atoms with Crippen molar-refractivity contribution < 1.29 is 24.5 Å². The van der Waals surface area contributed by atoms with Gasteiger partial charge in [0.1, 0.15) is 0 Å². The molecule has 0 aromatic carbocycles. The second-order valence-corrected chi connectivity index (χ2v) is 13.4. The first kappa shape index (κ1) is 27.4. The Bertz CT molecular complexity index is 726. The lowest BCUT2D eigenvalue weighted by molar-refractivity contribution is -0.154. The van der Waals surface area contributed by atoms with E-state index in [-0.39, 0.29) is 0 Å². The Labute approximate surface area is 213 Å². The molecule has 4 aliphatic carbocycles. The Morgan fingerprint density at radius 3 is 2.49 bits per heavy atom. The monoisotopic (exact) mass is 492 g/mol. The molecular weight excluding hydrogens is 440 g/mol. The van der Waals surface area contributed by atoms with Gasteiger partial charge in [0.2, 0.25) is 0 Å². The van der Waals surface area contributed by atoms with Gasteiger partial charge in [-0.3, -0.25) is 4.79 Å². The molecule has 2 N–H and O–H groups in total. The number of carbonyl (C=O) groups is 1. The third-order valence-electron chi connectivity index (χ3n) is 11.8. The van der Waals surface area contributed by atoms with E-state index in [0.717, 1.165) is 49.9 Å². The van der Waals surface area contributed by atoms with Gasteiger partial charge in [-0.25, -0.2) is 0 Å². The zero-order valence-electron chi connectivity index (χ0n) is 22.9. The molecule has 202 valence electrons. The van der Waals surface area contributed by atoms with Gasteiger partial charge in [-0.05, 0) is 123 Å². The first-order chi connectivity index (χ1) is 16.6. The number of carboxylic acid groups (broad SMARTS) is 1. The number of hydrogen-bond donors (Lipinski definition) is 2. The minimum absolute atomic E-state index is 0.312. The van der Waals surface area contributed by atoms with Crippen LogP contribution in [0.5, 0.6) is 0 Å². The summed E-state index contributed by atoms with van der Waals surface area (Å²) in [5.41, 5.74) is 0.252. The van der Waals surface area contributed by atoms with Crippen LogP contribution in [0.1, 0.15) is 104 Å². The summed E-state index contributed by atoms with van der Waals surface area (Å²) in [6.07, 6.45) is 13.9. The summed E-state index contributed by atoms with van der Waals surface area (Å²) in [7, 11) is 1.70. The van der Waals surface area contributed by atoms with E-state index in [0.29, 0.717) is 54.8 Å². The molecule has 4 saturated carbocycles. The average molecular weight is 493 g/mol. The number of ether oxygens (including phenoxy) is 2. The van der Waals surface area contributed by atoms with Crippen molar-refractivity contribution in [1.29, 1.82) is 0 Å². The van der Waals surface area contributed by atoms with Gasteiger partial charge in [0, 0.05) is 20.1 Å². The van der Waals surface area contributed by atoms with Gasteiger partial charge in [-0.15, -0.1) is 0 Å². The summed E-state index contributed by atoms with van der Waals surface area (Å²) in [4.78, 5) is 11.2. The molecule has 5 nitrogen and oxygen atoms in total. The van der Waals surface area contributed by atoms with Crippen molar-refractivity contribution in [2.45, 2.75) is 110 Å². The van der Waals surface area contributed by atoms with Crippen LogP contribution in [0.2, 0.25) is 0 Å². The van der Waals surface area contributed by atoms with E-state index in [1.54, 1.807) is 7.11 Å². The van der Waals surface area contributed by atoms with E-state index in [1.165, 1.54) is 44.9 Å². The van der Waals surface area contributed by atoms with Crippen molar-refractivity contribution in [3.05, 3.63) is 0 Å². The van der Waals surface area contributed by atoms with Crippen LogP contribution in [0.25, 0.3) is 0 Å². The summed E-state index contributed by atoms with van der Waals surface area (Å²) in [6.45, 7) is 9.44. The third kappa shape index (κ3) is 5.48. The molecule has 0 aromatic heterocycles. The number of aliphatic carboxylic acids is 1. The predicted molar refractivity (Wildman–Crippen MR) is 138 cm³/mol. The molecule has 4 fully saturated rings. The molecule has 5 heteroatoms. The second kappa shape index (κ2) is 11.0. The molecule has 0 amide bonds. The summed E-state index contributed by atoms with van der Waals surface area (Å²) in [5.74, 6) is 3.62. The average Bonchev–Trinajstić information content (AvgIpc) is 3.18. The maximum atomic E-state index is 11.5. The Balaban J connectivity index is 1.36. The van der Waals surface area contributed by atoms with E-state index in [4.69, 9.17) is 9.47 Å². The fourth-order valence-corrected chi connectivity index (χ4v) is 9.82. The molecule has 0 radical (unpaired) electrons. The predicted octanol–water partition coefficient (Wildman–Crippen LogP) is 6.32. The fourth-order valence-electron chi connectivity index (χ4n) is 9.82. The maximum absolute atomic E-state index is 11.5. The van der Waals surface area contributed by atoms with Crippen LogP contribution in [0.3, 0.4) is 0 Å². The van der Waals surface area contributed by atoms with Crippen molar-refractivity contribution >= 4 is 5.97 Å². The Hall–Kier alpha value is -0.650. The smallest absolute Gasteiger partial charge is 0.303 e. The number of rotatable bonds is 11. The molecule has 4 aliphatic rings. The van der Waals surface area contributed by atoms with Gasteiger partial charge in [0.05, 0.1) is 18.8 Å². The van der Waals surface area contributed by atoms with Crippen molar-refractivity contribution in [3.8, 4) is 0 Å². The molecular formula is C30H52O5. The minimum atomic E-state index is -0.651. The topological polar surface area (TPSA) is 76.0 Å². The van der Waals surface area contributed by atoms with Crippen LogP contribution in [-0.4, -0.2) is 48.7 Å². The highest BCUT2D eigenvalue weighted by Gasteiger charge is 2.61. The van der Waals surface area contributed by atoms with Gasteiger partial charge in [-0.1, -0.05) is 20.8 Å². The number of carboxylic acids is 1. The van der Waals surface area contributed by atoms with Gasteiger partial charge in [-0.2, -0.15) is 0 Å². The molecule has 0 aliphatic heterocycles. The van der Waals surface area contributed by atoms with Crippen LogP contribution >= 0.6 is 0 Å². The molecule has 4 rings (SSSR count). The number of hydrogen-bond acceptors (Lipinski definition) is 4. The normalized spacial score (nSPS) is 43.7. The van der Waals surface area contributed by atoms with Gasteiger partial charge in [0.15, 0.2) is 0 Å². The molecule has 1 unspecified atom stereocenters. The highest BCUT2D eigenvalue weighted by molar-refractivity contribution is 5.66. The standard InChI is InChI=1S/C30H52O5/c1-21(6-11-27(31)32)24-9-10-25-23-8-7-22-20-30(33,13-5-17-35-19-18-34-4)16-15-28(22,2)26(23)12-14-29(24,25)3/h21-26,33H,5-20H2,1-4H3,(H,31,32)/t21-,22-,23+,24-,25+,26?,28+,29-,30+/m1/s1. The first-order valence-electron chi connectivity index (χ1n) is 14.6. The summed E-state index contributed by atoms with van der Waals surface area (Å²) < 4.78 is 10.7. The number of methoxy groups -OCH3 is 1. The lowest BCUT2D eigenvalue weighted by Gasteiger charge is -2.62. The van der Waals surface area contributed by atoms with Gasteiger partial charge >= 0.3 is 5.97 Å². The quantitative estimate of drug-likeness (QED) is 0.330. The maximum Gasteiger partial charge on any atom is 0.303 e. The second-order valence-electron chi connectivity index (χ2n) is 13.4. The van der Waals surface area contributed by atoms with Crippen molar-refractivity contribution in [2.75, 3.05) is 26.9 Å². The van der Waals surface area contributed by atoms with Gasteiger partial charge in [0.25, 0.3) is 0 Å². The molecule has 0 saturated heterocycles. The van der Waals surface area contributed by atoms with E-state index in [9.17, 15) is 15.0 Å². The first-order valence-corrected chi connectivity index (χ1v) is 14.6. The van der Waals surface area contributed by atoms with Crippen LogP contribution in [0, 0.1) is 46.3 Å². The van der Waals surface area contributed by atoms with Crippen LogP contribution in [0.4, 0.5) is 0 Å². The minimum Gasteiger partial charge on any atom is -0.481 e. The summed E-state index contributed by atoms with van der Waals surface area (Å²) in [6, 6.07) is 0. The zero-order chi connectivity index (χ0) is 25.3.